The van der Waals surface area contributed by atoms with Crippen LogP contribution in [0.15, 0.2) is 30.5 Å². The molecule has 0 radical (unpaired) electrons. The van der Waals surface area contributed by atoms with Gasteiger partial charge >= 0.3 is 5.97 Å². The van der Waals surface area contributed by atoms with Crippen molar-refractivity contribution in [3.63, 3.8) is 0 Å². The number of carbonyl (C=O) groups excluding carboxylic acids is 2. The number of pyridine rings is 1. The molecule has 0 atom stereocenters. The van der Waals surface area contributed by atoms with Crippen LogP contribution in [0.2, 0.25) is 5.02 Å². The van der Waals surface area contributed by atoms with E-state index in [1.54, 1.807) is 12.3 Å². The summed E-state index contributed by atoms with van der Waals surface area (Å²) in [5.74, 6) is 0.197. The minimum absolute atomic E-state index is 0.0319. The minimum Gasteiger partial charge on any atom is -0.424 e. The molecule has 4 rings (SSSR count). The van der Waals surface area contributed by atoms with Crippen molar-refractivity contribution in [3.8, 4) is 5.75 Å². The van der Waals surface area contributed by atoms with Gasteiger partial charge in [0.25, 0.3) is 0 Å². The molecule has 0 bridgehead atoms. The Morgan fingerprint density at radius 1 is 1.25 bits per heavy atom. The number of ether oxygens (including phenoxy) is 1. The molecule has 0 aliphatic carbocycles. The third-order valence-corrected chi connectivity index (χ3v) is 5.47. The first-order valence-electron chi connectivity index (χ1n) is 9.22. The summed E-state index contributed by atoms with van der Waals surface area (Å²) in [6, 6.07) is 7.72. The summed E-state index contributed by atoms with van der Waals surface area (Å²) < 4.78 is 5.09. The van der Waals surface area contributed by atoms with Gasteiger partial charge in [-0.05, 0) is 30.7 Å². The van der Waals surface area contributed by atoms with Gasteiger partial charge in [-0.15, -0.1) is 0 Å². The molecule has 8 heteroatoms. The Hall–Kier alpha value is -2.80. The summed E-state index contributed by atoms with van der Waals surface area (Å²) in [5, 5.41) is 3.83. The summed E-state index contributed by atoms with van der Waals surface area (Å²) in [6.07, 6.45) is 1.82. The quantitative estimate of drug-likeness (QED) is 0.793. The number of hydrogen-bond donors (Lipinski definition) is 1. The number of aromatic nitrogens is 1. The summed E-state index contributed by atoms with van der Waals surface area (Å²) in [7, 11) is 0. The maximum atomic E-state index is 12.5. The van der Waals surface area contributed by atoms with E-state index in [1.807, 2.05) is 24.0 Å². The Morgan fingerprint density at radius 3 is 2.79 bits per heavy atom. The van der Waals surface area contributed by atoms with Crippen LogP contribution in [-0.4, -0.2) is 54.5 Å². The van der Waals surface area contributed by atoms with Crippen molar-refractivity contribution in [2.45, 2.75) is 13.3 Å². The van der Waals surface area contributed by atoms with Gasteiger partial charge in [0.1, 0.15) is 0 Å². The van der Waals surface area contributed by atoms with E-state index in [9.17, 15) is 9.59 Å². The van der Waals surface area contributed by atoms with Crippen LogP contribution in [0.25, 0.3) is 0 Å². The number of piperazine rings is 1. The van der Waals surface area contributed by atoms with Crippen LogP contribution in [0.1, 0.15) is 11.3 Å². The first-order valence-corrected chi connectivity index (χ1v) is 9.60. The predicted octanol–water partition coefficient (Wildman–Crippen LogP) is 2.27. The Bertz CT molecular complexity index is 926. The second-order valence-electron chi connectivity index (χ2n) is 6.97. The summed E-state index contributed by atoms with van der Waals surface area (Å²) in [6.45, 7) is 5.07. The van der Waals surface area contributed by atoms with Gasteiger partial charge in [-0.25, -0.2) is 0 Å². The number of aryl methyl sites for hydroxylation is 1. The van der Waals surface area contributed by atoms with Crippen molar-refractivity contribution in [1.82, 2.24) is 9.88 Å². The SMILES string of the molecule is Cc1cc(N2CCN(C(=O)CNc3cnc4c(c3)OC(=O)C4)CC2)ccc1Cl. The first kappa shape index (κ1) is 18.6. The molecule has 146 valence electrons. The van der Waals surface area contributed by atoms with Crippen LogP contribution >= 0.6 is 11.6 Å². The van der Waals surface area contributed by atoms with Gasteiger partial charge in [0.15, 0.2) is 5.75 Å². The molecule has 1 N–H and O–H groups in total. The Morgan fingerprint density at radius 2 is 2.04 bits per heavy atom. The van der Waals surface area contributed by atoms with E-state index in [2.05, 4.69) is 21.3 Å². The van der Waals surface area contributed by atoms with Crippen molar-refractivity contribution in [2.24, 2.45) is 0 Å². The van der Waals surface area contributed by atoms with E-state index in [0.29, 0.717) is 30.2 Å². The lowest BCUT2D eigenvalue weighted by Crippen LogP contribution is -2.50. The number of fused-ring (bicyclic) bond motifs is 1. The van der Waals surface area contributed by atoms with Gasteiger partial charge in [0.2, 0.25) is 5.91 Å². The molecule has 2 aromatic rings. The summed E-state index contributed by atoms with van der Waals surface area (Å²) >= 11 is 6.10. The number of hydrogen-bond acceptors (Lipinski definition) is 6. The number of nitrogens with zero attached hydrogens (tertiary/aromatic N) is 3. The number of nitrogens with one attached hydrogen (secondary N) is 1. The van der Waals surface area contributed by atoms with Crippen LogP contribution in [0, 0.1) is 6.92 Å². The summed E-state index contributed by atoms with van der Waals surface area (Å²) in [5.41, 5.74) is 3.48. The second kappa shape index (κ2) is 7.67. The first-order chi connectivity index (χ1) is 13.5. The highest BCUT2D eigenvalue weighted by Gasteiger charge is 2.23. The van der Waals surface area contributed by atoms with Gasteiger partial charge in [-0.3, -0.25) is 14.6 Å². The van der Waals surface area contributed by atoms with E-state index in [4.69, 9.17) is 16.3 Å². The van der Waals surface area contributed by atoms with Crippen LogP contribution in [0.4, 0.5) is 11.4 Å². The van der Waals surface area contributed by atoms with Crippen molar-refractivity contribution >= 4 is 34.9 Å². The minimum atomic E-state index is -0.301. The van der Waals surface area contributed by atoms with Gasteiger partial charge in [-0.2, -0.15) is 0 Å². The van der Waals surface area contributed by atoms with Gasteiger partial charge in [-0.1, -0.05) is 11.6 Å². The van der Waals surface area contributed by atoms with Crippen molar-refractivity contribution in [3.05, 3.63) is 46.7 Å². The highest BCUT2D eigenvalue weighted by Crippen LogP contribution is 2.27. The van der Waals surface area contributed by atoms with Crippen LogP contribution in [-0.2, 0) is 16.0 Å². The Labute approximate surface area is 168 Å². The number of carbonyl (C=O) groups is 2. The topological polar surface area (TPSA) is 74.8 Å². The molecule has 1 aromatic heterocycles. The maximum Gasteiger partial charge on any atom is 0.317 e. The fourth-order valence-electron chi connectivity index (χ4n) is 3.42. The monoisotopic (exact) mass is 400 g/mol. The van der Waals surface area contributed by atoms with Crippen molar-refractivity contribution in [1.29, 1.82) is 0 Å². The lowest BCUT2D eigenvalue weighted by atomic mass is 10.2. The average molecular weight is 401 g/mol. The van der Waals surface area contributed by atoms with Crippen molar-refractivity contribution < 1.29 is 14.3 Å². The molecule has 1 fully saturated rings. The van der Waals surface area contributed by atoms with Gasteiger partial charge < -0.3 is 19.9 Å². The molecule has 2 aliphatic heterocycles. The van der Waals surface area contributed by atoms with Crippen LogP contribution < -0.4 is 15.0 Å². The molecule has 0 spiro atoms. The zero-order valence-electron chi connectivity index (χ0n) is 15.6. The highest BCUT2D eigenvalue weighted by molar-refractivity contribution is 6.31. The number of anilines is 2. The predicted molar refractivity (Wildman–Crippen MR) is 107 cm³/mol. The fraction of sp³-hybridized carbons (Fsp3) is 0.350. The molecule has 3 heterocycles. The maximum absolute atomic E-state index is 12.5. The fourth-order valence-corrected chi connectivity index (χ4v) is 3.53. The molecule has 0 saturated carbocycles. The van der Waals surface area contributed by atoms with Crippen LogP contribution in [0.3, 0.4) is 0 Å². The summed E-state index contributed by atoms with van der Waals surface area (Å²) in [4.78, 5) is 32.1. The average Bonchev–Trinajstić information content (AvgIpc) is 3.07. The lowest BCUT2D eigenvalue weighted by molar-refractivity contribution is -0.132. The molecule has 7 nitrogen and oxygen atoms in total. The van der Waals surface area contributed by atoms with E-state index in [0.717, 1.165) is 29.4 Å². The second-order valence-corrected chi connectivity index (χ2v) is 7.38. The van der Waals surface area contributed by atoms with E-state index in [1.165, 1.54) is 0 Å². The standard InChI is InChI=1S/C20H21ClN4O3/c1-13-8-15(2-3-16(13)21)24-4-6-25(7-5-24)19(26)12-22-14-9-18-17(23-11-14)10-20(27)28-18/h2-3,8-9,11,22H,4-7,10,12H2,1H3. The molecule has 1 saturated heterocycles. The van der Waals surface area contributed by atoms with Crippen molar-refractivity contribution in [2.75, 3.05) is 42.9 Å². The normalized spacial score (nSPS) is 16.0. The zero-order chi connectivity index (χ0) is 19.7. The van der Waals surface area contributed by atoms with E-state index >= 15 is 0 Å². The molecular weight excluding hydrogens is 380 g/mol. The number of halogens is 1. The molecule has 1 amide bonds. The molecule has 28 heavy (non-hydrogen) atoms. The Kier molecular flexibility index (Phi) is 5.09. The Balaban J connectivity index is 1.29. The zero-order valence-corrected chi connectivity index (χ0v) is 16.3. The van der Waals surface area contributed by atoms with E-state index in [-0.39, 0.29) is 24.8 Å². The number of esters is 1. The number of benzene rings is 1. The molecular formula is C20H21ClN4O3. The lowest BCUT2D eigenvalue weighted by Gasteiger charge is -2.36. The largest absolute Gasteiger partial charge is 0.424 e. The third-order valence-electron chi connectivity index (χ3n) is 5.05. The number of rotatable bonds is 4. The highest BCUT2D eigenvalue weighted by atomic mass is 35.5. The molecule has 0 unspecified atom stereocenters. The van der Waals surface area contributed by atoms with Gasteiger partial charge in [0.05, 0.1) is 30.5 Å². The third kappa shape index (κ3) is 3.89. The van der Waals surface area contributed by atoms with Crippen LogP contribution in [0.5, 0.6) is 5.75 Å². The smallest absolute Gasteiger partial charge is 0.317 e. The van der Waals surface area contributed by atoms with Gasteiger partial charge in [0, 0.05) is 43.0 Å². The molecule has 2 aliphatic rings. The molecule has 1 aromatic carbocycles. The number of amides is 1. The van der Waals surface area contributed by atoms with E-state index < -0.39 is 0 Å².